The highest BCUT2D eigenvalue weighted by atomic mass is 16.6. The number of nitrogens with one attached hydrogen (secondary N) is 1. The summed E-state index contributed by atoms with van der Waals surface area (Å²) < 4.78 is 21.4. The quantitative estimate of drug-likeness (QED) is 0.326. The molecule has 154 valence electrons. The Labute approximate surface area is 163 Å². The Morgan fingerprint density at radius 2 is 1.33 bits per heavy atom. The van der Waals surface area contributed by atoms with E-state index < -0.39 is 0 Å². The molecule has 0 atom stereocenters. The van der Waals surface area contributed by atoms with Crippen molar-refractivity contribution in [3.8, 4) is 0 Å². The van der Waals surface area contributed by atoms with Gasteiger partial charge >= 0.3 is 5.97 Å². The first kappa shape index (κ1) is 23.4. The van der Waals surface area contributed by atoms with Crippen LogP contribution in [-0.2, 0) is 18.9 Å². The van der Waals surface area contributed by atoms with Gasteiger partial charge in [0.15, 0.2) is 0 Å². The zero-order chi connectivity index (χ0) is 19.6. The normalized spacial score (nSPS) is 10.7. The summed E-state index contributed by atoms with van der Waals surface area (Å²) in [5.74, 6) is -0.334. The van der Waals surface area contributed by atoms with E-state index in [1.165, 1.54) is 0 Å². The van der Waals surface area contributed by atoms with Crippen LogP contribution in [0.5, 0.6) is 0 Å². The summed E-state index contributed by atoms with van der Waals surface area (Å²) in [6, 6.07) is 7.33. The molecule has 0 radical (unpaired) electrons. The highest BCUT2D eigenvalue weighted by molar-refractivity contribution is 5.89. The monoisotopic (exact) mass is 381 g/mol. The van der Waals surface area contributed by atoms with Crippen LogP contribution in [0.2, 0.25) is 0 Å². The zero-order valence-corrected chi connectivity index (χ0v) is 16.8. The maximum atomic E-state index is 12.0. The smallest absolute Gasteiger partial charge is 0.338 e. The summed E-state index contributed by atoms with van der Waals surface area (Å²) in [6.45, 7) is 8.79. The van der Waals surface area contributed by atoms with Crippen LogP contribution >= 0.6 is 0 Å². The molecule has 0 aliphatic rings. The minimum absolute atomic E-state index is 0.232. The van der Waals surface area contributed by atoms with Gasteiger partial charge < -0.3 is 24.3 Å². The van der Waals surface area contributed by atoms with Crippen molar-refractivity contribution in [2.24, 2.45) is 0 Å². The van der Waals surface area contributed by atoms with Crippen LogP contribution in [0.3, 0.4) is 0 Å². The number of esters is 1. The number of carbonyl (C=O) groups excluding carboxylic acids is 1. The molecule has 6 heteroatoms. The van der Waals surface area contributed by atoms with Crippen molar-refractivity contribution in [3.05, 3.63) is 29.8 Å². The van der Waals surface area contributed by atoms with Crippen LogP contribution in [-0.4, -0.2) is 58.8 Å². The van der Waals surface area contributed by atoms with Crippen molar-refractivity contribution in [1.82, 2.24) is 0 Å². The highest BCUT2D eigenvalue weighted by Crippen LogP contribution is 2.10. The van der Waals surface area contributed by atoms with Gasteiger partial charge in [0.2, 0.25) is 0 Å². The maximum absolute atomic E-state index is 12.0. The molecule has 0 aliphatic carbocycles. The molecule has 6 nitrogen and oxygen atoms in total. The number of rotatable bonds is 17. The maximum Gasteiger partial charge on any atom is 0.338 e. The Bertz CT molecular complexity index is 478. The largest absolute Gasteiger partial charge is 0.460 e. The molecule has 0 saturated heterocycles. The summed E-state index contributed by atoms with van der Waals surface area (Å²) in [5.41, 5.74) is 1.56. The van der Waals surface area contributed by atoms with Crippen LogP contribution in [0, 0.1) is 0 Å². The molecular formula is C21H35NO5. The molecule has 1 rings (SSSR count). The Balaban J connectivity index is 1.99. The summed E-state index contributed by atoms with van der Waals surface area (Å²) in [4.78, 5) is 12.0. The molecule has 0 bridgehead atoms. The Hall–Kier alpha value is -1.63. The van der Waals surface area contributed by atoms with Gasteiger partial charge in [-0.25, -0.2) is 4.79 Å². The Morgan fingerprint density at radius 3 is 1.93 bits per heavy atom. The number of unbranched alkanes of at least 4 members (excludes halogenated alkanes) is 2. The van der Waals surface area contributed by atoms with Gasteiger partial charge in [-0.3, -0.25) is 0 Å². The van der Waals surface area contributed by atoms with Crippen LogP contribution in [0.1, 0.15) is 49.9 Å². The van der Waals surface area contributed by atoms with E-state index in [4.69, 9.17) is 18.9 Å². The topological polar surface area (TPSA) is 66.0 Å². The van der Waals surface area contributed by atoms with E-state index in [1.54, 1.807) is 12.1 Å². The number of hydrogen-bond donors (Lipinski definition) is 1. The third-order valence-electron chi connectivity index (χ3n) is 3.83. The SMILES string of the molecule is CCCCNc1ccc(C(=O)OCCOCCOCCOCCCC)cc1. The van der Waals surface area contributed by atoms with E-state index in [0.717, 1.165) is 44.5 Å². The van der Waals surface area contributed by atoms with E-state index in [1.807, 2.05) is 12.1 Å². The first-order chi connectivity index (χ1) is 13.3. The van der Waals surface area contributed by atoms with Gasteiger partial charge in [0.25, 0.3) is 0 Å². The number of ether oxygens (including phenoxy) is 4. The van der Waals surface area contributed by atoms with Gasteiger partial charge in [0, 0.05) is 18.8 Å². The fourth-order valence-electron chi connectivity index (χ4n) is 2.20. The lowest BCUT2D eigenvalue weighted by atomic mass is 10.2. The van der Waals surface area contributed by atoms with Crippen molar-refractivity contribution in [3.63, 3.8) is 0 Å². The second-order valence-corrected chi connectivity index (χ2v) is 6.18. The average molecular weight is 382 g/mol. The number of benzene rings is 1. The van der Waals surface area contributed by atoms with E-state index in [-0.39, 0.29) is 12.6 Å². The average Bonchev–Trinajstić information content (AvgIpc) is 2.69. The van der Waals surface area contributed by atoms with E-state index in [9.17, 15) is 4.79 Å². The van der Waals surface area contributed by atoms with Gasteiger partial charge in [-0.2, -0.15) is 0 Å². The van der Waals surface area contributed by atoms with Crippen molar-refractivity contribution in [2.45, 2.75) is 39.5 Å². The third kappa shape index (κ3) is 12.4. The molecule has 0 spiro atoms. The summed E-state index contributed by atoms with van der Waals surface area (Å²) in [6.07, 6.45) is 4.50. The van der Waals surface area contributed by atoms with Crippen molar-refractivity contribution < 1.29 is 23.7 Å². The summed E-state index contributed by atoms with van der Waals surface area (Å²) >= 11 is 0. The van der Waals surface area contributed by atoms with E-state index >= 15 is 0 Å². The lowest BCUT2D eigenvalue weighted by molar-refractivity contribution is 0.000289. The lowest BCUT2D eigenvalue weighted by Crippen LogP contribution is -2.14. The molecule has 27 heavy (non-hydrogen) atoms. The lowest BCUT2D eigenvalue weighted by Gasteiger charge is -2.08. The molecule has 0 aromatic heterocycles. The van der Waals surface area contributed by atoms with Gasteiger partial charge in [-0.15, -0.1) is 0 Å². The number of anilines is 1. The fourth-order valence-corrected chi connectivity index (χ4v) is 2.20. The molecule has 0 aliphatic heterocycles. The van der Waals surface area contributed by atoms with Crippen molar-refractivity contribution in [2.75, 3.05) is 58.1 Å². The fraction of sp³-hybridized carbons (Fsp3) is 0.667. The predicted molar refractivity (Wildman–Crippen MR) is 107 cm³/mol. The van der Waals surface area contributed by atoms with Crippen molar-refractivity contribution >= 4 is 11.7 Å². The van der Waals surface area contributed by atoms with Crippen LogP contribution < -0.4 is 5.32 Å². The highest BCUT2D eigenvalue weighted by Gasteiger charge is 2.06. The molecule has 1 N–H and O–H groups in total. The molecule has 0 heterocycles. The third-order valence-corrected chi connectivity index (χ3v) is 3.83. The second kappa shape index (κ2) is 16.5. The van der Waals surface area contributed by atoms with Gasteiger partial charge in [0.1, 0.15) is 6.61 Å². The minimum Gasteiger partial charge on any atom is -0.460 e. The molecule has 1 aromatic carbocycles. The molecule has 0 amide bonds. The second-order valence-electron chi connectivity index (χ2n) is 6.18. The Morgan fingerprint density at radius 1 is 0.778 bits per heavy atom. The van der Waals surface area contributed by atoms with Crippen LogP contribution in [0.4, 0.5) is 5.69 Å². The molecule has 0 unspecified atom stereocenters. The summed E-state index contributed by atoms with van der Waals surface area (Å²) in [7, 11) is 0. The molecule has 0 fully saturated rings. The van der Waals surface area contributed by atoms with E-state index in [0.29, 0.717) is 38.6 Å². The van der Waals surface area contributed by atoms with Crippen LogP contribution in [0.25, 0.3) is 0 Å². The van der Waals surface area contributed by atoms with Gasteiger partial charge in [-0.05, 0) is 37.1 Å². The van der Waals surface area contributed by atoms with Crippen molar-refractivity contribution in [1.29, 1.82) is 0 Å². The van der Waals surface area contributed by atoms with E-state index in [2.05, 4.69) is 19.2 Å². The molecular weight excluding hydrogens is 346 g/mol. The van der Waals surface area contributed by atoms with Gasteiger partial charge in [-0.1, -0.05) is 26.7 Å². The minimum atomic E-state index is -0.334. The number of carbonyl (C=O) groups is 1. The molecule has 0 saturated carbocycles. The first-order valence-corrected chi connectivity index (χ1v) is 10.0. The summed E-state index contributed by atoms with van der Waals surface area (Å²) in [5, 5.41) is 3.31. The van der Waals surface area contributed by atoms with Gasteiger partial charge in [0.05, 0.1) is 38.6 Å². The first-order valence-electron chi connectivity index (χ1n) is 10.0. The van der Waals surface area contributed by atoms with Crippen LogP contribution in [0.15, 0.2) is 24.3 Å². The standard InChI is InChI=1S/C21H35NO5/c1-3-5-11-22-20-9-7-19(8-10-20)21(23)27-18-17-26-16-15-25-14-13-24-12-6-4-2/h7-10,22H,3-6,11-18H2,1-2H3. The molecule has 1 aromatic rings. The Kier molecular flexibility index (Phi) is 14.3. The zero-order valence-electron chi connectivity index (χ0n) is 16.8. The number of hydrogen-bond acceptors (Lipinski definition) is 6. The predicted octanol–water partition coefficient (Wildman–Crippen LogP) is 3.91.